The van der Waals surface area contributed by atoms with E-state index in [4.69, 9.17) is 0 Å². The van der Waals surface area contributed by atoms with Crippen molar-refractivity contribution in [2.24, 2.45) is 0 Å². The zero-order valence-corrected chi connectivity index (χ0v) is 16.8. The number of halogens is 2. The van der Waals surface area contributed by atoms with Gasteiger partial charge < -0.3 is 10.2 Å². The van der Waals surface area contributed by atoms with E-state index in [1.54, 1.807) is 0 Å². The molecule has 0 aliphatic rings. The van der Waals surface area contributed by atoms with E-state index in [-0.39, 0.29) is 24.8 Å². The molecule has 136 valence electrons. The summed E-state index contributed by atoms with van der Waals surface area (Å²) < 4.78 is 0. The van der Waals surface area contributed by atoms with E-state index in [2.05, 4.69) is 55.3 Å². The summed E-state index contributed by atoms with van der Waals surface area (Å²) >= 11 is 0. The summed E-state index contributed by atoms with van der Waals surface area (Å²) in [6.45, 7) is 12.6. The van der Waals surface area contributed by atoms with Gasteiger partial charge >= 0.3 is 0 Å². The van der Waals surface area contributed by atoms with Crippen LogP contribution in [0.1, 0.15) is 57.1 Å². The van der Waals surface area contributed by atoms with Gasteiger partial charge in [0.05, 0.1) is 0 Å². The fraction of sp³-hybridized carbons (Fsp3) is 0.684. The van der Waals surface area contributed by atoms with Gasteiger partial charge in [-0.25, -0.2) is 0 Å². The lowest BCUT2D eigenvalue weighted by atomic mass is 10.1. The summed E-state index contributed by atoms with van der Waals surface area (Å²) in [6, 6.07) is 8.82. The van der Waals surface area contributed by atoms with Crippen LogP contribution in [-0.4, -0.2) is 31.1 Å². The molecule has 0 unspecified atom stereocenters. The second-order valence-corrected chi connectivity index (χ2v) is 6.06. The Morgan fingerprint density at radius 1 is 0.826 bits per heavy atom. The molecular weight excluding hydrogens is 327 g/mol. The van der Waals surface area contributed by atoms with Gasteiger partial charge in [-0.15, -0.1) is 24.8 Å². The molecule has 1 aromatic carbocycles. The predicted molar refractivity (Wildman–Crippen MR) is 108 cm³/mol. The Morgan fingerprint density at radius 3 is 1.87 bits per heavy atom. The molecule has 0 amide bonds. The Balaban J connectivity index is 0. The lowest BCUT2D eigenvalue weighted by Crippen LogP contribution is -2.29. The second kappa shape index (κ2) is 16.6. The quantitative estimate of drug-likeness (QED) is 0.512. The van der Waals surface area contributed by atoms with Gasteiger partial charge in [-0.3, -0.25) is 0 Å². The molecule has 0 saturated heterocycles. The molecule has 2 nitrogen and oxygen atoms in total. The van der Waals surface area contributed by atoms with Crippen LogP contribution in [0.25, 0.3) is 0 Å². The summed E-state index contributed by atoms with van der Waals surface area (Å²) in [5.74, 6) is 0. The van der Waals surface area contributed by atoms with Crippen molar-refractivity contribution in [2.45, 2.75) is 59.4 Å². The highest BCUT2D eigenvalue weighted by Gasteiger charge is 2.03. The van der Waals surface area contributed by atoms with Gasteiger partial charge in [-0.05, 0) is 57.9 Å². The van der Waals surface area contributed by atoms with Gasteiger partial charge in [0.15, 0.2) is 0 Å². The molecule has 0 heterocycles. The van der Waals surface area contributed by atoms with Crippen molar-refractivity contribution < 1.29 is 0 Å². The van der Waals surface area contributed by atoms with Gasteiger partial charge in [-0.2, -0.15) is 0 Å². The fourth-order valence-corrected chi connectivity index (χ4v) is 2.47. The SMILES string of the molecule is CCCCN(CCCC)CCCNCc1ccc(C)cc1.Cl.Cl. The van der Waals surface area contributed by atoms with Crippen LogP contribution in [0.2, 0.25) is 0 Å². The van der Waals surface area contributed by atoms with Crippen LogP contribution >= 0.6 is 24.8 Å². The van der Waals surface area contributed by atoms with E-state index in [0.29, 0.717) is 0 Å². The third kappa shape index (κ3) is 12.8. The van der Waals surface area contributed by atoms with Crippen molar-refractivity contribution in [3.8, 4) is 0 Å². The van der Waals surface area contributed by atoms with Crippen molar-refractivity contribution in [2.75, 3.05) is 26.2 Å². The Morgan fingerprint density at radius 2 is 1.35 bits per heavy atom. The first-order chi connectivity index (χ1) is 10.3. The van der Waals surface area contributed by atoms with Gasteiger partial charge in [0, 0.05) is 6.54 Å². The van der Waals surface area contributed by atoms with Crippen molar-refractivity contribution in [3.05, 3.63) is 35.4 Å². The molecule has 0 spiro atoms. The zero-order valence-electron chi connectivity index (χ0n) is 15.1. The summed E-state index contributed by atoms with van der Waals surface area (Å²) in [5.41, 5.74) is 2.72. The van der Waals surface area contributed by atoms with E-state index in [1.807, 2.05) is 0 Å². The molecule has 1 aromatic rings. The van der Waals surface area contributed by atoms with E-state index >= 15 is 0 Å². The molecule has 0 radical (unpaired) electrons. The third-order valence-corrected chi connectivity index (χ3v) is 3.93. The molecule has 0 fully saturated rings. The number of nitrogens with zero attached hydrogens (tertiary/aromatic N) is 1. The normalized spacial score (nSPS) is 10.3. The summed E-state index contributed by atoms with van der Waals surface area (Å²) in [6.07, 6.45) is 6.52. The van der Waals surface area contributed by atoms with Crippen molar-refractivity contribution in [3.63, 3.8) is 0 Å². The third-order valence-electron chi connectivity index (χ3n) is 3.93. The molecule has 0 aromatic heterocycles. The minimum absolute atomic E-state index is 0. The van der Waals surface area contributed by atoms with Crippen LogP contribution < -0.4 is 5.32 Å². The number of hydrogen-bond donors (Lipinski definition) is 1. The van der Waals surface area contributed by atoms with Gasteiger partial charge in [-0.1, -0.05) is 56.5 Å². The van der Waals surface area contributed by atoms with Crippen molar-refractivity contribution in [1.29, 1.82) is 0 Å². The first-order valence-electron chi connectivity index (χ1n) is 8.74. The van der Waals surface area contributed by atoms with E-state index < -0.39 is 0 Å². The molecule has 1 rings (SSSR count). The first-order valence-corrected chi connectivity index (χ1v) is 8.74. The standard InChI is InChI=1S/C19H34N2.2ClH/c1-4-6-14-21(15-7-5-2)16-8-13-20-17-19-11-9-18(3)10-12-19;;/h9-12,20H,4-8,13-17H2,1-3H3;2*1H. The predicted octanol–water partition coefficient (Wildman–Crippen LogP) is 5.22. The molecule has 0 atom stereocenters. The number of nitrogens with one attached hydrogen (secondary N) is 1. The van der Waals surface area contributed by atoms with Crippen LogP contribution in [0.4, 0.5) is 0 Å². The van der Waals surface area contributed by atoms with E-state index in [9.17, 15) is 0 Å². The number of unbranched alkanes of at least 4 members (excludes halogenated alkanes) is 2. The molecule has 4 heteroatoms. The largest absolute Gasteiger partial charge is 0.313 e. The highest BCUT2D eigenvalue weighted by atomic mass is 35.5. The van der Waals surface area contributed by atoms with Gasteiger partial charge in [0.1, 0.15) is 0 Å². The molecule has 0 saturated carbocycles. The lowest BCUT2D eigenvalue weighted by Gasteiger charge is -2.21. The van der Waals surface area contributed by atoms with Crippen LogP contribution in [0.3, 0.4) is 0 Å². The highest BCUT2D eigenvalue weighted by Crippen LogP contribution is 2.03. The lowest BCUT2D eigenvalue weighted by molar-refractivity contribution is 0.261. The highest BCUT2D eigenvalue weighted by molar-refractivity contribution is 5.85. The second-order valence-electron chi connectivity index (χ2n) is 6.06. The fourth-order valence-electron chi connectivity index (χ4n) is 2.47. The molecular formula is C19H36Cl2N2. The summed E-state index contributed by atoms with van der Waals surface area (Å²) in [7, 11) is 0. The summed E-state index contributed by atoms with van der Waals surface area (Å²) in [4.78, 5) is 2.64. The van der Waals surface area contributed by atoms with E-state index in [0.717, 1.165) is 13.1 Å². The first kappa shape index (κ1) is 25.0. The number of benzene rings is 1. The smallest absolute Gasteiger partial charge is 0.0205 e. The molecule has 0 bridgehead atoms. The Hall–Kier alpha value is -0.280. The maximum Gasteiger partial charge on any atom is 0.0205 e. The Bertz CT molecular complexity index is 347. The number of aryl methyl sites for hydroxylation is 1. The Kier molecular flexibility index (Phi) is 18.0. The average Bonchev–Trinajstić information content (AvgIpc) is 2.50. The molecule has 0 aliphatic heterocycles. The summed E-state index contributed by atoms with van der Waals surface area (Å²) in [5, 5.41) is 3.56. The number of hydrogen-bond acceptors (Lipinski definition) is 2. The van der Waals surface area contributed by atoms with Crippen molar-refractivity contribution in [1.82, 2.24) is 10.2 Å². The van der Waals surface area contributed by atoms with Gasteiger partial charge in [0.2, 0.25) is 0 Å². The average molecular weight is 363 g/mol. The van der Waals surface area contributed by atoms with Crippen LogP contribution in [0.5, 0.6) is 0 Å². The molecule has 1 N–H and O–H groups in total. The Labute approximate surface area is 156 Å². The monoisotopic (exact) mass is 362 g/mol. The number of rotatable bonds is 12. The topological polar surface area (TPSA) is 15.3 Å². The van der Waals surface area contributed by atoms with E-state index in [1.165, 1.54) is 62.9 Å². The minimum atomic E-state index is 0. The van der Waals surface area contributed by atoms with Crippen LogP contribution in [0.15, 0.2) is 24.3 Å². The van der Waals surface area contributed by atoms with Crippen LogP contribution in [-0.2, 0) is 6.54 Å². The zero-order chi connectivity index (χ0) is 15.3. The molecule has 0 aliphatic carbocycles. The maximum atomic E-state index is 3.56. The molecule has 23 heavy (non-hydrogen) atoms. The minimum Gasteiger partial charge on any atom is -0.313 e. The van der Waals surface area contributed by atoms with Gasteiger partial charge in [0.25, 0.3) is 0 Å². The maximum absolute atomic E-state index is 3.56. The van der Waals surface area contributed by atoms with Crippen LogP contribution in [0, 0.1) is 6.92 Å². The van der Waals surface area contributed by atoms with Crippen molar-refractivity contribution >= 4 is 24.8 Å².